The molecule has 2 aliphatic rings. The lowest BCUT2D eigenvalue weighted by Crippen LogP contribution is -2.41. The maximum Gasteiger partial charge on any atom is 0.308 e. The molecule has 0 aromatic carbocycles. The lowest BCUT2D eigenvalue weighted by Gasteiger charge is -2.30. The quantitative estimate of drug-likeness (QED) is 0.724. The fourth-order valence-corrected chi connectivity index (χ4v) is 2.48. The van der Waals surface area contributed by atoms with E-state index in [9.17, 15) is 14.4 Å². The lowest BCUT2D eigenvalue weighted by molar-refractivity contribution is -0.149. The number of rotatable bonds is 3. The topological polar surface area (TPSA) is 83.9 Å². The summed E-state index contributed by atoms with van der Waals surface area (Å²) >= 11 is 0. The number of carbonyl (C=O) groups excluding carboxylic acids is 2. The minimum absolute atomic E-state index is 0.0780. The van der Waals surface area contributed by atoms with Crippen LogP contribution in [0.3, 0.4) is 0 Å². The number of piperidine rings is 1. The summed E-state index contributed by atoms with van der Waals surface area (Å²) in [6.45, 7) is 1.03. The van der Waals surface area contributed by atoms with E-state index < -0.39 is 11.9 Å². The number of carboxylic acids is 1. The van der Waals surface area contributed by atoms with Gasteiger partial charge in [-0.1, -0.05) is 0 Å². The molecule has 1 aliphatic heterocycles. The van der Waals surface area contributed by atoms with Gasteiger partial charge in [-0.05, 0) is 19.3 Å². The number of esters is 1. The Labute approximate surface area is 105 Å². The van der Waals surface area contributed by atoms with Crippen LogP contribution in [-0.4, -0.2) is 48.1 Å². The number of hydrogen-bond acceptors (Lipinski definition) is 4. The Morgan fingerprint density at radius 1 is 1.17 bits per heavy atom. The molecule has 6 nitrogen and oxygen atoms in total. The van der Waals surface area contributed by atoms with Crippen molar-refractivity contribution in [1.82, 2.24) is 4.90 Å². The van der Waals surface area contributed by atoms with Gasteiger partial charge >= 0.3 is 11.9 Å². The SMILES string of the molecule is COC(=O)C1CCN(C(=O)C2CC2C(=O)O)CC1. The highest BCUT2D eigenvalue weighted by molar-refractivity contribution is 5.89. The normalized spacial score (nSPS) is 27.7. The van der Waals surface area contributed by atoms with Crippen LogP contribution in [0.1, 0.15) is 19.3 Å². The minimum atomic E-state index is -0.891. The molecule has 1 N–H and O–H groups in total. The summed E-state index contributed by atoms with van der Waals surface area (Å²) < 4.78 is 4.67. The van der Waals surface area contributed by atoms with Crippen molar-refractivity contribution in [1.29, 1.82) is 0 Å². The van der Waals surface area contributed by atoms with Crippen LogP contribution in [0.15, 0.2) is 0 Å². The van der Waals surface area contributed by atoms with Crippen LogP contribution in [0.2, 0.25) is 0 Å². The molecule has 0 radical (unpaired) electrons. The van der Waals surface area contributed by atoms with Crippen molar-refractivity contribution < 1.29 is 24.2 Å². The third kappa shape index (κ3) is 2.47. The van der Waals surface area contributed by atoms with Crippen molar-refractivity contribution in [3.05, 3.63) is 0 Å². The molecular formula is C12H17NO5. The average Bonchev–Trinajstić information content (AvgIpc) is 3.17. The van der Waals surface area contributed by atoms with Crippen molar-refractivity contribution in [3.8, 4) is 0 Å². The Morgan fingerprint density at radius 3 is 2.22 bits per heavy atom. The van der Waals surface area contributed by atoms with Crippen molar-refractivity contribution in [2.24, 2.45) is 17.8 Å². The molecule has 0 aromatic rings. The number of carboxylic acid groups (broad SMARTS) is 1. The summed E-state index contributed by atoms with van der Waals surface area (Å²) in [6, 6.07) is 0. The fraction of sp³-hybridized carbons (Fsp3) is 0.750. The maximum absolute atomic E-state index is 12.0. The van der Waals surface area contributed by atoms with Crippen molar-refractivity contribution in [2.75, 3.05) is 20.2 Å². The summed E-state index contributed by atoms with van der Waals surface area (Å²) in [5.41, 5.74) is 0. The number of amides is 1. The second-order valence-electron chi connectivity index (χ2n) is 4.91. The number of ether oxygens (including phenoxy) is 1. The Kier molecular flexibility index (Phi) is 3.54. The Morgan fingerprint density at radius 2 is 1.78 bits per heavy atom. The zero-order chi connectivity index (χ0) is 13.3. The first-order chi connectivity index (χ1) is 8.54. The van der Waals surface area contributed by atoms with Crippen molar-refractivity contribution >= 4 is 17.8 Å². The van der Waals surface area contributed by atoms with E-state index in [2.05, 4.69) is 4.74 Å². The predicted molar refractivity (Wildman–Crippen MR) is 60.6 cm³/mol. The fourth-order valence-electron chi connectivity index (χ4n) is 2.48. The second kappa shape index (κ2) is 4.96. The predicted octanol–water partition coefficient (Wildman–Crippen LogP) is 0.119. The zero-order valence-electron chi connectivity index (χ0n) is 10.3. The molecule has 1 amide bonds. The monoisotopic (exact) mass is 255 g/mol. The van der Waals surface area contributed by atoms with Crippen LogP contribution in [0.4, 0.5) is 0 Å². The summed E-state index contributed by atoms with van der Waals surface area (Å²) in [5.74, 6) is -2.18. The molecule has 1 heterocycles. The van der Waals surface area contributed by atoms with E-state index in [1.807, 2.05) is 0 Å². The molecular weight excluding hydrogens is 238 g/mol. The molecule has 6 heteroatoms. The highest BCUT2D eigenvalue weighted by Gasteiger charge is 2.50. The average molecular weight is 255 g/mol. The summed E-state index contributed by atoms with van der Waals surface area (Å²) in [7, 11) is 1.36. The standard InChI is InChI=1S/C12H17NO5/c1-18-12(17)7-2-4-13(5-3-7)10(14)8-6-9(8)11(15)16/h7-9H,2-6H2,1H3,(H,15,16). The largest absolute Gasteiger partial charge is 0.481 e. The van der Waals surface area contributed by atoms with Crippen LogP contribution in [0, 0.1) is 17.8 Å². The van der Waals surface area contributed by atoms with E-state index in [1.165, 1.54) is 7.11 Å². The first kappa shape index (κ1) is 12.9. The van der Waals surface area contributed by atoms with Gasteiger partial charge in [0.15, 0.2) is 0 Å². The summed E-state index contributed by atoms with van der Waals surface area (Å²) in [5, 5.41) is 8.79. The van der Waals surface area contributed by atoms with Crippen LogP contribution in [0.25, 0.3) is 0 Å². The summed E-state index contributed by atoms with van der Waals surface area (Å²) in [4.78, 5) is 35.7. The lowest BCUT2D eigenvalue weighted by atomic mass is 9.96. The number of hydrogen-bond donors (Lipinski definition) is 1. The van der Waals surface area contributed by atoms with Gasteiger partial charge in [-0.15, -0.1) is 0 Å². The highest BCUT2D eigenvalue weighted by atomic mass is 16.5. The van der Waals surface area contributed by atoms with Crippen LogP contribution in [0.5, 0.6) is 0 Å². The molecule has 0 bridgehead atoms. The Balaban J connectivity index is 1.82. The molecule has 0 spiro atoms. The van der Waals surface area contributed by atoms with Gasteiger partial charge in [-0.3, -0.25) is 14.4 Å². The molecule has 2 fully saturated rings. The number of likely N-dealkylation sites (tertiary alicyclic amines) is 1. The summed E-state index contributed by atoms with van der Waals surface area (Å²) in [6.07, 6.45) is 1.65. The maximum atomic E-state index is 12.0. The Hall–Kier alpha value is -1.59. The Bertz CT molecular complexity index is 373. The number of aliphatic carboxylic acids is 1. The van der Waals surface area contributed by atoms with E-state index >= 15 is 0 Å². The van der Waals surface area contributed by atoms with Gasteiger partial charge < -0.3 is 14.7 Å². The van der Waals surface area contributed by atoms with Crippen molar-refractivity contribution in [3.63, 3.8) is 0 Å². The van der Waals surface area contributed by atoms with E-state index in [-0.39, 0.29) is 23.7 Å². The molecule has 100 valence electrons. The molecule has 0 aromatic heterocycles. The third-order valence-electron chi connectivity index (χ3n) is 3.77. The number of carbonyl (C=O) groups is 3. The molecule has 2 rings (SSSR count). The van der Waals surface area contributed by atoms with Gasteiger partial charge in [0.25, 0.3) is 0 Å². The molecule has 1 saturated carbocycles. The third-order valence-corrected chi connectivity index (χ3v) is 3.77. The zero-order valence-corrected chi connectivity index (χ0v) is 10.3. The second-order valence-corrected chi connectivity index (χ2v) is 4.91. The van der Waals surface area contributed by atoms with E-state index in [1.54, 1.807) is 4.90 Å². The van der Waals surface area contributed by atoms with Gasteiger partial charge in [0, 0.05) is 13.1 Å². The van der Waals surface area contributed by atoms with Crippen LogP contribution < -0.4 is 0 Å². The van der Waals surface area contributed by atoms with Gasteiger partial charge in [-0.25, -0.2) is 0 Å². The van der Waals surface area contributed by atoms with E-state index in [4.69, 9.17) is 5.11 Å². The van der Waals surface area contributed by atoms with Gasteiger partial charge in [-0.2, -0.15) is 0 Å². The first-order valence-electron chi connectivity index (χ1n) is 6.14. The number of methoxy groups -OCH3 is 1. The van der Waals surface area contributed by atoms with Crippen molar-refractivity contribution in [2.45, 2.75) is 19.3 Å². The van der Waals surface area contributed by atoms with Gasteiger partial charge in [0.2, 0.25) is 5.91 Å². The number of nitrogens with zero attached hydrogens (tertiary/aromatic N) is 1. The molecule has 2 atom stereocenters. The minimum Gasteiger partial charge on any atom is -0.481 e. The van der Waals surface area contributed by atoms with Crippen LogP contribution >= 0.6 is 0 Å². The van der Waals surface area contributed by atoms with Gasteiger partial charge in [0.1, 0.15) is 0 Å². The smallest absolute Gasteiger partial charge is 0.308 e. The first-order valence-corrected chi connectivity index (χ1v) is 6.14. The van der Waals surface area contributed by atoms with Crippen LogP contribution in [-0.2, 0) is 19.1 Å². The van der Waals surface area contributed by atoms with Gasteiger partial charge in [0.05, 0.1) is 24.9 Å². The van der Waals surface area contributed by atoms with E-state index in [0.29, 0.717) is 32.4 Å². The molecule has 1 saturated heterocycles. The molecule has 1 aliphatic carbocycles. The highest BCUT2D eigenvalue weighted by Crippen LogP contribution is 2.40. The molecule has 18 heavy (non-hydrogen) atoms. The van der Waals surface area contributed by atoms with E-state index in [0.717, 1.165) is 0 Å². The molecule has 2 unspecified atom stereocenters.